The van der Waals surface area contributed by atoms with Gasteiger partial charge in [0.15, 0.2) is 0 Å². The Morgan fingerprint density at radius 3 is 2.59 bits per heavy atom. The maximum absolute atomic E-state index is 13.3. The first kappa shape index (κ1) is 23.5. The Morgan fingerprint density at radius 1 is 1.25 bits per heavy atom. The molecule has 4 N–H and O–H groups in total. The van der Waals surface area contributed by atoms with Crippen LogP contribution >= 0.6 is 0 Å². The Bertz CT molecular complexity index is 937. The molecule has 0 bridgehead atoms. The van der Waals surface area contributed by atoms with Crippen molar-refractivity contribution in [3.05, 3.63) is 23.5 Å². The van der Waals surface area contributed by atoms with Gasteiger partial charge in [0.1, 0.15) is 18.4 Å². The van der Waals surface area contributed by atoms with Crippen molar-refractivity contribution >= 4 is 29.5 Å². The van der Waals surface area contributed by atoms with Crippen LogP contribution in [0.5, 0.6) is 0 Å². The first-order chi connectivity index (χ1) is 15.1. The molecule has 1 aromatic heterocycles. The van der Waals surface area contributed by atoms with E-state index in [0.717, 1.165) is 11.3 Å². The molecule has 0 aromatic carbocycles. The smallest absolute Gasteiger partial charge is 0.322 e. The Morgan fingerprint density at radius 2 is 1.97 bits per heavy atom. The van der Waals surface area contributed by atoms with E-state index in [4.69, 9.17) is 5.11 Å². The van der Waals surface area contributed by atoms with Crippen LogP contribution in [0.3, 0.4) is 0 Å². The van der Waals surface area contributed by atoms with Crippen molar-refractivity contribution in [3.8, 4) is 0 Å². The van der Waals surface area contributed by atoms with Gasteiger partial charge in [-0.2, -0.15) is 0 Å². The number of Topliss-reactive ketones (excluding diaryl/α,β-unsaturated/α-hetero) is 1. The number of carboxylic acid groups (broad SMARTS) is 1. The molecule has 2 heterocycles. The molecule has 174 valence electrons. The predicted octanol–water partition coefficient (Wildman–Crippen LogP) is -0.0468. The fourth-order valence-corrected chi connectivity index (χ4v) is 4.66. The number of aliphatic carboxylic acids is 1. The highest BCUT2D eigenvalue weighted by molar-refractivity contribution is 5.94. The molecular weight excluding hydrogens is 416 g/mol. The number of carbonyl (C=O) groups excluding carboxylic acids is 4. The lowest BCUT2D eigenvalue weighted by Gasteiger charge is -2.33. The molecule has 0 fully saturated rings. The van der Waals surface area contributed by atoms with Gasteiger partial charge in [-0.3, -0.25) is 24.0 Å². The molecule has 32 heavy (non-hydrogen) atoms. The van der Waals surface area contributed by atoms with Crippen LogP contribution in [-0.2, 0) is 36.9 Å². The van der Waals surface area contributed by atoms with Crippen LogP contribution in [0.1, 0.15) is 50.8 Å². The summed E-state index contributed by atoms with van der Waals surface area (Å²) in [6.07, 6.45) is 3.05. The van der Waals surface area contributed by atoms with Crippen molar-refractivity contribution in [2.75, 3.05) is 6.54 Å². The minimum atomic E-state index is -1.15. The van der Waals surface area contributed by atoms with Gasteiger partial charge in [0.2, 0.25) is 17.7 Å². The van der Waals surface area contributed by atoms with Crippen LogP contribution < -0.4 is 16.0 Å². The maximum atomic E-state index is 13.3. The summed E-state index contributed by atoms with van der Waals surface area (Å²) in [4.78, 5) is 61.1. The summed E-state index contributed by atoms with van der Waals surface area (Å²) in [7, 11) is 0. The van der Waals surface area contributed by atoms with Gasteiger partial charge >= 0.3 is 5.97 Å². The van der Waals surface area contributed by atoms with Gasteiger partial charge in [-0.05, 0) is 30.4 Å². The number of hydrogen-bond donors (Lipinski definition) is 4. The predicted molar refractivity (Wildman–Crippen MR) is 114 cm³/mol. The van der Waals surface area contributed by atoms with Crippen molar-refractivity contribution in [3.63, 3.8) is 0 Å². The van der Waals surface area contributed by atoms with Crippen LogP contribution in [0.25, 0.3) is 0 Å². The number of nitrogens with one attached hydrogen (secondary N) is 3. The van der Waals surface area contributed by atoms with Gasteiger partial charge in [0.05, 0.1) is 11.8 Å². The number of amides is 3. The van der Waals surface area contributed by atoms with E-state index in [1.54, 1.807) is 0 Å². The molecule has 10 heteroatoms. The van der Waals surface area contributed by atoms with E-state index in [0.29, 0.717) is 12.8 Å². The zero-order valence-corrected chi connectivity index (χ0v) is 18.5. The molecule has 0 radical (unpaired) electrons. The average molecular weight is 447 g/mol. The minimum Gasteiger partial charge on any atom is -0.480 e. The van der Waals surface area contributed by atoms with E-state index in [1.165, 1.54) is 6.92 Å². The molecule has 4 atom stereocenters. The summed E-state index contributed by atoms with van der Waals surface area (Å²) in [5.74, 6) is -3.86. The number of nitrogens with zero attached hydrogens (tertiary/aromatic N) is 1. The Balaban J connectivity index is 1.83. The number of carboxylic acids is 1. The van der Waals surface area contributed by atoms with Crippen LogP contribution in [-0.4, -0.2) is 57.8 Å². The van der Waals surface area contributed by atoms with Crippen LogP contribution in [0, 0.1) is 11.8 Å². The standard InChI is InChI=1S/C22H30N4O6/c1-11(2)19(24-12(3)27)22(32)25-15-5-4-13-6-7-26-10-14(21(31)23-9-17(29)30)8-16(28)18(15)20(13)26/h6-7,11,14-15,18-19H,4-5,8-10H2,1-3H3,(H,23,31)(H,24,27)(H,25,32)(H,29,30)/t14-,15-,18?,19?/m0/s1. The number of carbonyl (C=O) groups is 5. The second-order valence-electron chi connectivity index (χ2n) is 8.91. The van der Waals surface area contributed by atoms with Crippen molar-refractivity contribution in [1.29, 1.82) is 0 Å². The van der Waals surface area contributed by atoms with Gasteiger partial charge in [-0.25, -0.2) is 0 Å². The Kier molecular flexibility index (Phi) is 7.00. The SMILES string of the molecule is CC(=O)NC(C(=O)N[C@H]1CCc2ccn3c2C1C(=O)C[C@H](C(=O)NCC(=O)O)C3)C(C)C. The van der Waals surface area contributed by atoms with Crippen molar-refractivity contribution in [1.82, 2.24) is 20.5 Å². The number of aryl methyl sites for hydroxylation is 1. The van der Waals surface area contributed by atoms with E-state index in [1.807, 2.05) is 30.7 Å². The molecule has 1 aliphatic carbocycles. The number of rotatable bonds is 7. The highest BCUT2D eigenvalue weighted by atomic mass is 16.4. The third-order valence-corrected chi connectivity index (χ3v) is 6.15. The highest BCUT2D eigenvalue weighted by Gasteiger charge is 2.42. The summed E-state index contributed by atoms with van der Waals surface area (Å²) in [5, 5.41) is 16.8. The van der Waals surface area contributed by atoms with Crippen molar-refractivity contribution < 1.29 is 29.1 Å². The summed E-state index contributed by atoms with van der Waals surface area (Å²) in [6, 6.07) is 0.766. The van der Waals surface area contributed by atoms with E-state index in [-0.39, 0.29) is 36.5 Å². The molecule has 1 aromatic rings. The van der Waals surface area contributed by atoms with Gasteiger partial charge in [-0.15, -0.1) is 0 Å². The number of hydrogen-bond acceptors (Lipinski definition) is 5. The summed E-state index contributed by atoms with van der Waals surface area (Å²) in [6.45, 7) is 4.79. The lowest BCUT2D eigenvalue weighted by molar-refractivity contribution is -0.138. The topological polar surface area (TPSA) is 147 Å². The molecule has 3 amide bonds. The largest absolute Gasteiger partial charge is 0.480 e. The first-order valence-electron chi connectivity index (χ1n) is 10.9. The van der Waals surface area contributed by atoms with Crippen LogP contribution in [0.2, 0.25) is 0 Å². The highest BCUT2D eigenvalue weighted by Crippen LogP contribution is 2.38. The zero-order valence-electron chi connectivity index (χ0n) is 18.5. The minimum absolute atomic E-state index is 0.0388. The normalized spacial score (nSPS) is 23.0. The molecule has 1 aliphatic heterocycles. The second kappa shape index (κ2) is 9.54. The first-order valence-corrected chi connectivity index (χ1v) is 10.9. The number of aromatic nitrogens is 1. The molecule has 10 nitrogen and oxygen atoms in total. The third-order valence-electron chi connectivity index (χ3n) is 6.15. The monoisotopic (exact) mass is 446 g/mol. The Labute approximate surface area is 186 Å². The Hall–Kier alpha value is -3.17. The molecule has 0 saturated heterocycles. The fourth-order valence-electron chi connectivity index (χ4n) is 4.66. The molecular formula is C22H30N4O6. The van der Waals surface area contributed by atoms with E-state index < -0.39 is 42.3 Å². The van der Waals surface area contributed by atoms with Gasteiger partial charge in [0, 0.05) is 37.8 Å². The molecule has 2 unspecified atom stereocenters. The second-order valence-corrected chi connectivity index (χ2v) is 8.91. The lowest BCUT2D eigenvalue weighted by Crippen LogP contribution is -2.54. The van der Waals surface area contributed by atoms with Crippen LogP contribution in [0.4, 0.5) is 0 Å². The maximum Gasteiger partial charge on any atom is 0.322 e. The van der Waals surface area contributed by atoms with Crippen LogP contribution in [0.15, 0.2) is 12.3 Å². The fraction of sp³-hybridized carbons (Fsp3) is 0.591. The quantitative estimate of drug-likeness (QED) is 0.462. The van der Waals surface area contributed by atoms with E-state index >= 15 is 0 Å². The summed E-state index contributed by atoms with van der Waals surface area (Å²) in [5.41, 5.74) is 1.82. The number of ketones is 1. The van der Waals surface area contributed by atoms with Gasteiger partial charge in [-0.1, -0.05) is 13.8 Å². The van der Waals surface area contributed by atoms with Crippen molar-refractivity contribution in [2.24, 2.45) is 11.8 Å². The summed E-state index contributed by atoms with van der Waals surface area (Å²) >= 11 is 0. The lowest BCUT2D eigenvalue weighted by atomic mass is 9.79. The summed E-state index contributed by atoms with van der Waals surface area (Å²) < 4.78 is 1.88. The van der Waals surface area contributed by atoms with Gasteiger partial charge < -0.3 is 25.6 Å². The molecule has 2 aliphatic rings. The molecule has 0 spiro atoms. The molecule has 3 rings (SSSR count). The molecule has 0 saturated carbocycles. The third kappa shape index (κ3) is 5.00. The van der Waals surface area contributed by atoms with E-state index in [2.05, 4.69) is 16.0 Å². The van der Waals surface area contributed by atoms with Gasteiger partial charge in [0.25, 0.3) is 0 Å². The van der Waals surface area contributed by atoms with E-state index in [9.17, 15) is 24.0 Å². The average Bonchev–Trinajstić information content (AvgIpc) is 3.04. The zero-order chi connectivity index (χ0) is 23.6. The van der Waals surface area contributed by atoms with Crippen molar-refractivity contribution in [2.45, 2.75) is 64.6 Å².